The molecular formula is C17H16N6O3. The van der Waals surface area contributed by atoms with Gasteiger partial charge in [-0.15, -0.1) is 0 Å². The lowest BCUT2D eigenvalue weighted by Crippen LogP contribution is -2.41. The molecule has 0 saturated heterocycles. The van der Waals surface area contributed by atoms with Gasteiger partial charge in [-0.3, -0.25) is 19.4 Å². The van der Waals surface area contributed by atoms with Crippen molar-refractivity contribution in [1.29, 1.82) is 0 Å². The molecule has 26 heavy (non-hydrogen) atoms. The van der Waals surface area contributed by atoms with Crippen LogP contribution in [0.15, 0.2) is 42.9 Å². The zero-order chi connectivity index (χ0) is 17.9. The summed E-state index contributed by atoms with van der Waals surface area (Å²) < 4.78 is 12.4. The summed E-state index contributed by atoms with van der Waals surface area (Å²) in [5.41, 5.74) is 1.15. The SMILES string of the molecule is COc1cncc(N2CCn3nc(COc4ccccn4)cc3C2=O)n1. The molecule has 0 spiro atoms. The van der Waals surface area contributed by atoms with Crippen molar-refractivity contribution in [1.82, 2.24) is 24.7 Å². The Morgan fingerprint density at radius 3 is 2.92 bits per heavy atom. The van der Waals surface area contributed by atoms with Crippen LogP contribution in [0.4, 0.5) is 5.82 Å². The number of nitrogens with zero attached hydrogens (tertiary/aromatic N) is 6. The van der Waals surface area contributed by atoms with Crippen molar-refractivity contribution in [2.24, 2.45) is 0 Å². The topological polar surface area (TPSA) is 95.3 Å². The van der Waals surface area contributed by atoms with Crippen molar-refractivity contribution in [3.05, 3.63) is 54.2 Å². The van der Waals surface area contributed by atoms with Crippen LogP contribution in [-0.4, -0.2) is 44.3 Å². The van der Waals surface area contributed by atoms with E-state index < -0.39 is 0 Å². The highest BCUT2D eigenvalue weighted by molar-refractivity contribution is 6.05. The molecule has 9 heteroatoms. The number of rotatable bonds is 5. The molecule has 0 fully saturated rings. The van der Waals surface area contributed by atoms with E-state index in [1.807, 2.05) is 12.1 Å². The third-order valence-corrected chi connectivity index (χ3v) is 3.92. The fraction of sp³-hybridized carbons (Fsp3) is 0.235. The summed E-state index contributed by atoms with van der Waals surface area (Å²) in [6, 6.07) is 7.16. The molecule has 0 saturated carbocycles. The molecule has 1 aliphatic rings. The summed E-state index contributed by atoms with van der Waals surface area (Å²) in [7, 11) is 1.51. The van der Waals surface area contributed by atoms with Gasteiger partial charge in [-0.25, -0.2) is 4.98 Å². The second kappa shape index (κ2) is 6.79. The van der Waals surface area contributed by atoms with Crippen molar-refractivity contribution < 1.29 is 14.3 Å². The number of fused-ring (bicyclic) bond motifs is 1. The van der Waals surface area contributed by atoms with Crippen molar-refractivity contribution in [2.75, 3.05) is 18.6 Å². The number of hydrogen-bond acceptors (Lipinski definition) is 7. The zero-order valence-electron chi connectivity index (χ0n) is 14.1. The Balaban J connectivity index is 1.52. The highest BCUT2D eigenvalue weighted by Crippen LogP contribution is 2.21. The Morgan fingerprint density at radius 1 is 1.19 bits per heavy atom. The van der Waals surface area contributed by atoms with Crippen LogP contribution in [0.2, 0.25) is 0 Å². The molecule has 1 amide bonds. The monoisotopic (exact) mass is 352 g/mol. The van der Waals surface area contributed by atoms with E-state index >= 15 is 0 Å². The molecule has 0 bridgehead atoms. The second-order valence-corrected chi connectivity index (χ2v) is 5.58. The summed E-state index contributed by atoms with van der Waals surface area (Å²) in [6.45, 7) is 1.25. The van der Waals surface area contributed by atoms with Gasteiger partial charge in [0.25, 0.3) is 5.91 Å². The van der Waals surface area contributed by atoms with E-state index in [2.05, 4.69) is 20.1 Å². The number of anilines is 1. The molecule has 0 radical (unpaired) electrons. The number of amides is 1. The number of ether oxygens (including phenoxy) is 2. The fourth-order valence-corrected chi connectivity index (χ4v) is 2.68. The van der Waals surface area contributed by atoms with E-state index in [0.717, 1.165) is 0 Å². The molecule has 0 atom stereocenters. The van der Waals surface area contributed by atoms with Gasteiger partial charge in [-0.1, -0.05) is 6.07 Å². The Bertz CT molecular complexity index is 927. The van der Waals surface area contributed by atoms with Crippen LogP contribution in [-0.2, 0) is 13.2 Å². The van der Waals surface area contributed by atoms with Gasteiger partial charge in [0.2, 0.25) is 11.8 Å². The van der Waals surface area contributed by atoms with Crippen LogP contribution < -0.4 is 14.4 Å². The Hall–Kier alpha value is -3.49. The summed E-state index contributed by atoms with van der Waals surface area (Å²) >= 11 is 0. The molecule has 0 aromatic carbocycles. The van der Waals surface area contributed by atoms with E-state index in [9.17, 15) is 4.79 Å². The smallest absolute Gasteiger partial charge is 0.277 e. The molecule has 4 rings (SSSR count). The molecule has 0 aliphatic carbocycles. The maximum absolute atomic E-state index is 12.8. The Kier molecular flexibility index (Phi) is 4.18. The minimum atomic E-state index is -0.185. The van der Waals surface area contributed by atoms with E-state index in [4.69, 9.17) is 9.47 Å². The summed E-state index contributed by atoms with van der Waals surface area (Å²) in [5.74, 6) is 1.14. The van der Waals surface area contributed by atoms with Crippen LogP contribution in [0, 0.1) is 0 Å². The van der Waals surface area contributed by atoms with Crippen LogP contribution in [0.25, 0.3) is 0 Å². The Morgan fingerprint density at radius 2 is 2.12 bits per heavy atom. The molecule has 4 heterocycles. The predicted molar refractivity (Wildman–Crippen MR) is 91.1 cm³/mol. The lowest BCUT2D eigenvalue weighted by atomic mass is 10.2. The number of carbonyl (C=O) groups excluding carboxylic acids is 1. The van der Waals surface area contributed by atoms with Gasteiger partial charge < -0.3 is 9.47 Å². The highest BCUT2D eigenvalue weighted by Gasteiger charge is 2.28. The minimum Gasteiger partial charge on any atom is -0.480 e. The maximum atomic E-state index is 12.8. The van der Waals surface area contributed by atoms with Crippen LogP contribution >= 0.6 is 0 Å². The van der Waals surface area contributed by atoms with Gasteiger partial charge in [0.15, 0.2) is 5.82 Å². The Labute approximate surface area is 149 Å². The average Bonchev–Trinajstić information content (AvgIpc) is 3.12. The van der Waals surface area contributed by atoms with Gasteiger partial charge in [0.05, 0.1) is 26.0 Å². The lowest BCUT2D eigenvalue weighted by molar-refractivity contribution is 0.0961. The van der Waals surface area contributed by atoms with Gasteiger partial charge in [0, 0.05) is 18.8 Å². The molecule has 0 unspecified atom stereocenters. The van der Waals surface area contributed by atoms with Gasteiger partial charge in [-0.05, 0) is 12.1 Å². The van der Waals surface area contributed by atoms with Crippen molar-refractivity contribution in [3.63, 3.8) is 0 Å². The molecule has 9 nitrogen and oxygen atoms in total. The molecule has 0 N–H and O–H groups in total. The van der Waals surface area contributed by atoms with E-state index in [0.29, 0.717) is 42.1 Å². The highest BCUT2D eigenvalue weighted by atomic mass is 16.5. The van der Waals surface area contributed by atoms with Crippen molar-refractivity contribution in [3.8, 4) is 11.8 Å². The maximum Gasteiger partial charge on any atom is 0.277 e. The third kappa shape index (κ3) is 3.06. The first-order valence-corrected chi connectivity index (χ1v) is 8.03. The summed E-state index contributed by atoms with van der Waals surface area (Å²) in [4.78, 5) is 26.8. The number of carbonyl (C=O) groups is 1. The molecule has 1 aliphatic heterocycles. The van der Waals surface area contributed by atoms with Crippen LogP contribution in [0.5, 0.6) is 11.8 Å². The summed E-state index contributed by atoms with van der Waals surface area (Å²) in [6.07, 6.45) is 4.69. The number of pyridine rings is 1. The standard InChI is InChI=1S/C17H16N6O3/c1-25-16-10-18-9-14(20-16)22-6-7-23-13(17(22)24)8-12(21-23)11-26-15-4-2-3-5-19-15/h2-5,8-10H,6-7,11H2,1H3. The first-order valence-electron chi connectivity index (χ1n) is 8.03. The van der Waals surface area contributed by atoms with Crippen molar-refractivity contribution >= 4 is 11.7 Å². The van der Waals surface area contributed by atoms with Crippen molar-refractivity contribution in [2.45, 2.75) is 13.2 Å². The third-order valence-electron chi connectivity index (χ3n) is 3.92. The minimum absolute atomic E-state index is 0.185. The number of aromatic nitrogens is 5. The zero-order valence-corrected chi connectivity index (χ0v) is 14.1. The van der Waals surface area contributed by atoms with Gasteiger partial charge in [-0.2, -0.15) is 10.1 Å². The van der Waals surface area contributed by atoms with E-state index in [-0.39, 0.29) is 12.5 Å². The predicted octanol–water partition coefficient (Wildman–Crippen LogP) is 1.32. The van der Waals surface area contributed by atoms with Crippen LogP contribution in [0.3, 0.4) is 0 Å². The van der Waals surface area contributed by atoms with Gasteiger partial charge in [0.1, 0.15) is 18.0 Å². The fourth-order valence-electron chi connectivity index (χ4n) is 2.68. The van der Waals surface area contributed by atoms with Gasteiger partial charge >= 0.3 is 0 Å². The summed E-state index contributed by atoms with van der Waals surface area (Å²) in [5, 5.41) is 4.43. The molecule has 3 aromatic rings. The number of methoxy groups -OCH3 is 1. The first-order chi connectivity index (χ1) is 12.7. The average molecular weight is 352 g/mol. The first kappa shape index (κ1) is 16.0. The van der Waals surface area contributed by atoms with Crippen LogP contribution in [0.1, 0.15) is 16.2 Å². The quantitative estimate of drug-likeness (QED) is 0.683. The molecule has 3 aromatic heterocycles. The lowest BCUT2D eigenvalue weighted by Gasteiger charge is -2.26. The largest absolute Gasteiger partial charge is 0.480 e. The molecular weight excluding hydrogens is 336 g/mol. The normalized spacial score (nSPS) is 13.4. The van der Waals surface area contributed by atoms with E-state index in [1.54, 1.807) is 27.9 Å². The molecule has 132 valence electrons. The number of hydrogen-bond donors (Lipinski definition) is 0. The second-order valence-electron chi connectivity index (χ2n) is 5.58. The van der Waals surface area contributed by atoms with E-state index in [1.165, 1.54) is 19.5 Å².